The van der Waals surface area contributed by atoms with Gasteiger partial charge >= 0.3 is 0 Å². The molecule has 1 saturated carbocycles. The minimum Gasteiger partial charge on any atom is -0.471 e. The third-order valence-corrected chi connectivity index (χ3v) is 3.08. The maximum absolute atomic E-state index is 10.4. The van der Waals surface area contributed by atoms with Gasteiger partial charge in [-0.3, -0.25) is 4.90 Å². The van der Waals surface area contributed by atoms with Crippen LogP contribution >= 0.6 is 0 Å². The summed E-state index contributed by atoms with van der Waals surface area (Å²) in [5.74, 6) is 0.903. The standard InChI is InChI=1S/C12H18N2O3/c15-8-7-14-6-5-11(9-14)17-12(13-16)4-3-10-1-2-10/h3-4,8,10-11,16H,1-2,5-7,9H2/b4-3+,13-12+. The molecule has 1 saturated heterocycles. The van der Waals surface area contributed by atoms with E-state index in [4.69, 9.17) is 9.94 Å². The zero-order valence-electron chi connectivity index (χ0n) is 9.79. The fourth-order valence-corrected chi connectivity index (χ4v) is 1.94. The van der Waals surface area contributed by atoms with Gasteiger partial charge in [0.1, 0.15) is 12.4 Å². The van der Waals surface area contributed by atoms with Gasteiger partial charge in [-0.2, -0.15) is 0 Å². The van der Waals surface area contributed by atoms with Crippen molar-refractivity contribution in [1.82, 2.24) is 4.90 Å². The lowest BCUT2D eigenvalue weighted by atomic mass is 10.3. The van der Waals surface area contributed by atoms with Crippen LogP contribution in [-0.4, -0.2) is 48.0 Å². The molecule has 5 nitrogen and oxygen atoms in total. The van der Waals surface area contributed by atoms with Crippen molar-refractivity contribution < 1.29 is 14.7 Å². The van der Waals surface area contributed by atoms with E-state index < -0.39 is 0 Å². The molecular formula is C12H18N2O3. The van der Waals surface area contributed by atoms with Crippen LogP contribution in [0.5, 0.6) is 0 Å². The molecule has 1 heterocycles. The zero-order chi connectivity index (χ0) is 12.1. The average molecular weight is 238 g/mol. The second-order valence-corrected chi connectivity index (χ2v) is 4.59. The lowest BCUT2D eigenvalue weighted by Crippen LogP contribution is -2.26. The Kier molecular flexibility index (Phi) is 4.14. The molecule has 0 spiro atoms. The number of rotatable bonds is 5. The number of hydrogen-bond donors (Lipinski definition) is 1. The SMILES string of the molecule is O=CCN1CCC(OC(/C=C/C2CC2)=N/O)C1. The fourth-order valence-electron chi connectivity index (χ4n) is 1.94. The molecule has 1 aliphatic carbocycles. The Morgan fingerprint density at radius 1 is 1.47 bits per heavy atom. The van der Waals surface area contributed by atoms with Crippen molar-refractivity contribution in [1.29, 1.82) is 0 Å². The molecule has 1 unspecified atom stereocenters. The van der Waals surface area contributed by atoms with E-state index in [9.17, 15) is 4.79 Å². The fraction of sp³-hybridized carbons (Fsp3) is 0.667. The second-order valence-electron chi connectivity index (χ2n) is 4.59. The Morgan fingerprint density at radius 2 is 2.29 bits per heavy atom. The highest BCUT2D eigenvalue weighted by atomic mass is 16.5. The third-order valence-electron chi connectivity index (χ3n) is 3.08. The van der Waals surface area contributed by atoms with E-state index in [1.807, 2.05) is 11.0 Å². The van der Waals surface area contributed by atoms with Gasteiger partial charge in [0.15, 0.2) is 0 Å². The molecule has 1 aliphatic heterocycles. The van der Waals surface area contributed by atoms with Crippen molar-refractivity contribution in [3.05, 3.63) is 12.2 Å². The van der Waals surface area contributed by atoms with E-state index in [0.717, 1.165) is 25.8 Å². The number of carbonyl (C=O) groups excluding carboxylic acids is 1. The lowest BCUT2D eigenvalue weighted by Gasteiger charge is -2.13. The summed E-state index contributed by atoms with van der Waals surface area (Å²) in [4.78, 5) is 12.4. The van der Waals surface area contributed by atoms with Crippen LogP contribution in [0.4, 0.5) is 0 Å². The quantitative estimate of drug-likeness (QED) is 0.255. The first kappa shape index (κ1) is 12.1. The Hall–Kier alpha value is -1.36. The van der Waals surface area contributed by atoms with E-state index in [2.05, 4.69) is 5.16 Å². The third kappa shape index (κ3) is 3.85. The number of carbonyl (C=O) groups is 1. The summed E-state index contributed by atoms with van der Waals surface area (Å²) < 4.78 is 5.57. The minimum absolute atomic E-state index is 0.0182. The average Bonchev–Trinajstić information content (AvgIpc) is 3.06. The van der Waals surface area contributed by atoms with E-state index in [-0.39, 0.29) is 12.0 Å². The van der Waals surface area contributed by atoms with Gasteiger partial charge in [-0.1, -0.05) is 6.08 Å². The summed E-state index contributed by atoms with van der Waals surface area (Å²) in [6.07, 6.45) is 7.97. The van der Waals surface area contributed by atoms with Gasteiger partial charge in [-0.15, -0.1) is 0 Å². The number of hydrogen-bond acceptors (Lipinski definition) is 5. The summed E-state index contributed by atoms with van der Waals surface area (Å²) >= 11 is 0. The molecule has 0 amide bonds. The van der Waals surface area contributed by atoms with E-state index >= 15 is 0 Å². The first-order valence-corrected chi connectivity index (χ1v) is 6.04. The number of ether oxygens (including phenoxy) is 1. The summed E-state index contributed by atoms with van der Waals surface area (Å²) in [6, 6.07) is 0. The van der Waals surface area contributed by atoms with Crippen LogP contribution in [0.2, 0.25) is 0 Å². The highest BCUT2D eigenvalue weighted by Crippen LogP contribution is 2.30. The molecule has 0 aromatic carbocycles. The highest BCUT2D eigenvalue weighted by Gasteiger charge is 2.24. The molecule has 94 valence electrons. The van der Waals surface area contributed by atoms with Crippen molar-refractivity contribution in [3.8, 4) is 0 Å². The topological polar surface area (TPSA) is 62.1 Å². The Balaban J connectivity index is 1.77. The van der Waals surface area contributed by atoms with Crippen LogP contribution in [0.15, 0.2) is 17.3 Å². The monoisotopic (exact) mass is 238 g/mol. The molecule has 17 heavy (non-hydrogen) atoms. The molecule has 5 heteroatoms. The van der Waals surface area contributed by atoms with Crippen LogP contribution in [0.1, 0.15) is 19.3 Å². The van der Waals surface area contributed by atoms with Crippen LogP contribution in [0.3, 0.4) is 0 Å². The maximum Gasteiger partial charge on any atom is 0.250 e. The zero-order valence-corrected chi connectivity index (χ0v) is 9.79. The Labute approximate surface area is 101 Å². The largest absolute Gasteiger partial charge is 0.471 e. The number of allylic oxidation sites excluding steroid dienone is 1. The van der Waals surface area contributed by atoms with Crippen LogP contribution in [0, 0.1) is 5.92 Å². The molecule has 2 aliphatic rings. The molecular weight excluding hydrogens is 220 g/mol. The Morgan fingerprint density at radius 3 is 2.94 bits per heavy atom. The maximum atomic E-state index is 10.4. The smallest absolute Gasteiger partial charge is 0.250 e. The summed E-state index contributed by atoms with van der Waals surface area (Å²) in [5, 5.41) is 12.0. The summed E-state index contributed by atoms with van der Waals surface area (Å²) in [5.41, 5.74) is 0. The predicted molar refractivity (Wildman–Crippen MR) is 63.1 cm³/mol. The van der Waals surface area contributed by atoms with E-state index in [1.165, 1.54) is 12.8 Å². The van der Waals surface area contributed by atoms with Gasteiger partial charge in [0.05, 0.1) is 6.54 Å². The van der Waals surface area contributed by atoms with Crippen molar-refractivity contribution in [2.45, 2.75) is 25.4 Å². The Bertz CT molecular complexity index is 324. The van der Waals surface area contributed by atoms with Gasteiger partial charge in [0.2, 0.25) is 5.90 Å². The normalized spacial score (nSPS) is 26.6. The summed E-state index contributed by atoms with van der Waals surface area (Å²) in [7, 11) is 0. The summed E-state index contributed by atoms with van der Waals surface area (Å²) in [6.45, 7) is 2.02. The molecule has 1 atom stereocenters. The lowest BCUT2D eigenvalue weighted by molar-refractivity contribution is -0.108. The van der Waals surface area contributed by atoms with Gasteiger partial charge in [0.25, 0.3) is 0 Å². The number of aldehydes is 1. The predicted octanol–water partition coefficient (Wildman–Crippen LogP) is 1.03. The van der Waals surface area contributed by atoms with Gasteiger partial charge in [0, 0.05) is 13.1 Å². The highest BCUT2D eigenvalue weighted by molar-refractivity contribution is 5.87. The molecule has 2 rings (SSSR count). The van der Waals surface area contributed by atoms with Crippen molar-refractivity contribution in [3.63, 3.8) is 0 Å². The minimum atomic E-state index is 0.0182. The molecule has 0 aromatic heterocycles. The van der Waals surface area contributed by atoms with Crippen molar-refractivity contribution >= 4 is 12.2 Å². The van der Waals surface area contributed by atoms with E-state index in [0.29, 0.717) is 12.5 Å². The number of nitrogens with zero attached hydrogens (tertiary/aromatic N) is 2. The van der Waals surface area contributed by atoms with Gasteiger partial charge < -0.3 is 14.7 Å². The van der Waals surface area contributed by atoms with Gasteiger partial charge in [-0.05, 0) is 36.4 Å². The van der Waals surface area contributed by atoms with E-state index in [1.54, 1.807) is 6.08 Å². The van der Waals surface area contributed by atoms with Gasteiger partial charge in [-0.25, -0.2) is 0 Å². The molecule has 0 aromatic rings. The molecule has 0 radical (unpaired) electrons. The first-order valence-electron chi connectivity index (χ1n) is 6.04. The molecule has 1 N–H and O–H groups in total. The van der Waals surface area contributed by atoms with Crippen LogP contribution in [0.25, 0.3) is 0 Å². The van der Waals surface area contributed by atoms with Crippen molar-refractivity contribution in [2.75, 3.05) is 19.6 Å². The van der Waals surface area contributed by atoms with Crippen LogP contribution < -0.4 is 0 Å². The number of likely N-dealkylation sites (tertiary alicyclic amines) is 1. The number of oxime groups is 1. The first-order chi connectivity index (χ1) is 8.31. The van der Waals surface area contributed by atoms with Crippen LogP contribution in [-0.2, 0) is 9.53 Å². The second kappa shape index (κ2) is 5.82. The molecule has 2 fully saturated rings. The molecule has 0 bridgehead atoms. The van der Waals surface area contributed by atoms with Crippen molar-refractivity contribution in [2.24, 2.45) is 11.1 Å².